The first-order chi connectivity index (χ1) is 3.83. The summed E-state index contributed by atoms with van der Waals surface area (Å²) in [6, 6.07) is 0. The average Bonchev–Trinajstić information content (AvgIpc) is 2.14. The second-order valence-corrected chi connectivity index (χ2v) is 2.73. The van der Waals surface area contributed by atoms with Crippen LogP contribution in [0.15, 0.2) is 0 Å². The Hall–Kier alpha value is 0.230. The number of thioether (sulfide) groups is 1. The fraction of sp³-hybridized carbons (Fsp3) is 1.00. The van der Waals surface area contributed by atoms with Crippen LogP contribution in [0.3, 0.4) is 0 Å². The highest BCUT2D eigenvalue weighted by Gasteiger charge is 2.22. The third kappa shape index (κ3) is 1.35. The molecule has 0 aliphatic carbocycles. The lowest BCUT2D eigenvalue weighted by atomic mass is 10.7. The topological polar surface area (TPSA) is 49.7 Å². The number of hydrogen-bond acceptors (Lipinski definition) is 4. The van der Waals surface area contributed by atoms with Gasteiger partial charge in [0.25, 0.3) is 0 Å². The van der Waals surface area contributed by atoms with E-state index < -0.39 is 6.29 Å². The Morgan fingerprint density at radius 2 is 2.50 bits per heavy atom. The van der Waals surface area contributed by atoms with Crippen molar-refractivity contribution in [2.45, 2.75) is 11.7 Å². The van der Waals surface area contributed by atoms with Crippen LogP contribution in [0.1, 0.15) is 0 Å². The van der Waals surface area contributed by atoms with Gasteiger partial charge in [0.05, 0.1) is 6.61 Å². The van der Waals surface area contributed by atoms with E-state index >= 15 is 0 Å². The van der Waals surface area contributed by atoms with Gasteiger partial charge in [-0.2, -0.15) is 0 Å². The van der Waals surface area contributed by atoms with Crippen molar-refractivity contribution in [1.82, 2.24) is 0 Å². The van der Waals surface area contributed by atoms with E-state index in [1.807, 2.05) is 0 Å². The van der Waals surface area contributed by atoms with Crippen molar-refractivity contribution in [3.63, 3.8) is 0 Å². The Bertz CT molecular complexity index is 77.7. The minimum absolute atomic E-state index is 0.0122. The lowest BCUT2D eigenvalue weighted by Crippen LogP contribution is -2.12. The molecule has 4 heteroatoms. The van der Waals surface area contributed by atoms with Crippen LogP contribution in [0.4, 0.5) is 0 Å². The number of aliphatic hydroxyl groups excluding tert-OH is 2. The maximum Gasteiger partial charge on any atom is 0.165 e. The van der Waals surface area contributed by atoms with Gasteiger partial charge in [-0.05, 0) is 0 Å². The fourth-order valence-corrected chi connectivity index (χ4v) is 1.31. The molecule has 3 nitrogen and oxygen atoms in total. The first kappa shape index (κ1) is 6.35. The van der Waals surface area contributed by atoms with Gasteiger partial charge in [0.1, 0.15) is 5.44 Å². The summed E-state index contributed by atoms with van der Waals surface area (Å²) in [5.74, 6) is 0.575. The Labute approximate surface area is 51.7 Å². The molecule has 0 saturated carbocycles. The minimum Gasteiger partial charge on any atom is -0.393 e. The van der Waals surface area contributed by atoms with Crippen LogP contribution < -0.4 is 0 Å². The number of ether oxygens (including phenoxy) is 1. The van der Waals surface area contributed by atoms with Crippen LogP contribution in [0, 0.1) is 0 Å². The minimum atomic E-state index is -0.669. The summed E-state index contributed by atoms with van der Waals surface area (Å²) in [7, 11) is 0. The molecule has 8 heavy (non-hydrogen) atoms. The molecule has 1 rings (SSSR count). The van der Waals surface area contributed by atoms with E-state index in [4.69, 9.17) is 14.9 Å². The zero-order chi connectivity index (χ0) is 5.98. The van der Waals surface area contributed by atoms with E-state index in [1.54, 1.807) is 0 Å². The molecule has 1 aliphatic rings. The zero-order valence-corrected chi connectivity index (χ0v) is 5.10. The smallest absolute Gasteiger partial charge is 0.165 e. The van der Waals surface area contributed by atoms with Crippen LogP contribution in [-0.4, -0.2) is 34.3 Å². The Kier molecular flexibility index (Phi) is 2.13. The predicted molar refractivity (Wildman–Crippen MR) is 30.4 cm³/mol. The van der Waals surface area contributed by atoms with Gasteiger partial charge >= 0.3 is 0 Å². The highest BCUT2D eigenvalue weighted by Crippen LogP contribution is 2.22. The van der Waals surface area contributed by atoms with E-state index in [2.05, 4.69) is 0 Å². The van der Waals surface area contributed by atoms with Gasteiger partial charge in [-0.25, -0.2) is 0 Å². The average molecular weight is 136 g/mol. The number of aliphatic hydroxyl groups is 2. The molecule has 0 aromatic heterocycles. The van der Waals surface area contributed by atoms with Crippen molar-refractivity contribution in [3.8, 4) is 0 Å². The standard InChI is InChI=1S/C4H8O3S/c5-1-4-7-3(6)2-8-4/h3-6H,1-2H2. The zero-order valence-electron chi connectivity index (χ0n) is 4.28. The van der Waals surface area contributed by atoms with Crippen LogP contribution in [0.2, 0.25) is 0 Å². The second-order valence-electron chi connectivity index (χ2n) is 1.54. The van der Waals surface area contributed by atoms with E-state index in [0.29, 0.717) is 5.75 Å². The fourth-order valence-electron chi connectivity index (χ4n) is 0.539. The van der Waals surface area contributed by atoms with Gasteiger partial charge in [0.2, 0.25) is 0 Å². The molecule has 0 aromatic carbocycles. The maximum atomic E-state index is 8.68. The molecule has 2 N–H and O–H groups in total. The predicted octanol–water partition coefficient (Wildman–Crippen LogP) is -0.613. The molecule has 0 spiro atoms. The molecule has 1 heterocycles. The first-order valence-electron chi connectivity index (χ1n) is 2.39. The quantitative estimate of drug-likeness (QED) is 0.504. The Morgan fingerprint density at radius 3 is 2.75 bits per heavy atom. The van der Waals surface area contributed by atoms with Crippen molar-refractivity contribution in [3.05, 3.63) is 0 Å². The molecule has 2 unspecified atom stereocenters. The Morgan fingerprint density at radius 1 is 1.75 bits per heavy atom. The molecule has 48 valence electrons. The SMILES string of the molecule is OCC1OC(O)CS1. The third-order valence-electron chi connectivity index (χ3n) is 0.883. The maximum absolute atomic E-state index is 8.68. The summed E-state index contributed by atoms with van der Waals surface area (Å²) < 4.78 is 4.78. The van der Waals surface area contributed by atoms with Gasteiger partial charge < -0.3 is 14.9 Å². The van der Waals surface area contributed by atoms with Gasteiger partial charge in [-0.1, -0.05) is 0 Å². The normalized spacial score (nSPS) is 38.2. The van der Waals surface area contributed by atoms with E-state index in [0.717, 1.165) is 0 Å². The molecular formula is C4H8O3S. The second kappa shape index (κ2) is 2.68. The van der Waals surface area contributed by atoms with E-state index in [1.165, 1.54) is 11.8 Å². The lowest BCUT2D eigenvalue weighted by Gasteiger charge is -2.02. The van der Waals surface area contributed by atoms with E-state index in [9.17, 15) is 0 Å². The molecular weight excluding hydrogens is 128 g/mol. The lowest BCUT2D eigenvalue weighted by molar-refractivity contribution is -0.0899. The Balaban J connectivity index is 2.22. The summed E-state index contributed by atoms with van der Waals surface area (Å²) in [5.41, 5.74) is -0.204. The van der Waals surface area contributed by atoms with Crippen molar-refractivity contribution < 1.29 is 14.9 Å². The summed E-state index contributed by atoms with van der Waals surface area (Å²) in [4.78, 5) is 0. The van der Waals surface area contributed by atoms with Crippen LogP contribution >= 0.6 is 11.8 Å². The highest BCUT2D eigenvalue weighted by atomic mass is 32.2. The van der Waals surface area contributed by atoms with Crippen LogP contribution in [0.5, 0.6) is 0 Å². The van der Waals surface area contributed by atoms with Crippen LogP contribution in [-0.2, 0) is 4.74 Å². The van der Waals surface area contributed by atoms with Crippen molar-refractivity contribution in [2.75, 3.05) is 12.4 Å². The molecule has 0 radical (unpaired) electrons. The van der Waals surface area contributed by atoms with Gasteiger partial charge in [0.15, 0.2) is 6.29 Å². The number of hydrogen-bond donors (Lipinski definition) is 2. The third-order valence-corrected chi connectivity index (χ3v) is 1.99. The first-order valence-corrected chi connectivity index (χ1v) is 3.44. The van der Waals surface area contributed by atoms with Crippen molar-refractivity contribution in [1.29, 1.82) is 0 Å². The molecule has 1 aliphatic heterocycles. The summed E-state index contributed by atoms with van der Waals surface area (Å²) in [6.07, 6.45) is -0.669. The highest BCUT2D eigenvalue weighted by molar-refractivity contribution is 8.00. The monoisotopic (exact) mass is 136 g/mol. The van der Waals surface area contributed by atoms with Gasteiger partial charge in [-0.15, -0.1) is 11.8 Å². The molecule has 0 amide bonds. The van der Waals surface area contributed by atoms with E-state index in [-0.39, 0.29) is 12.0 Å². The molecule has 0 bridgehead atoms. The molecule has 2 atom stereocenters. The number of rotatable bonds is 1. The summed E-state index contributed by atoms with van der Waals surface area (Å²) in [5, 5.41) is 17.1. The van der Waals surface area contributed by atoms with Crippen LogP contribution in [0.25, 0.3) is 0 Å². The summed E-state index contributed by atoms with van der Waals surface area (Å²) in [6.45, 7) is -0.0122. The van der Waals surface area contributed by atoms with Crippen molar-refractivity contribution >= 4 is 11.8 Å². The largest absolute Gasteiger partial charge is 0.393 e. The summed E-state index contributed by atoms with van der Waals surface area (Å²) >= 11 is 1.43. The molecule has 0 aromatic rings. The van der Waals surface area contributed by atoms with Crippen molar-refractivity contribution in [2.24, 2.45) is 0 Å². The van der Waals surface area contributed by atoms with Gasteiger partial charge in [0, 0.05) is 5.75 Å². The molecule has 1 fully saturated rings. The molecule has 1 saturated heterocycles. The van der Waals surface area contributed by atoms with Gasteiger partial charge in [-0.3, -0.25) is 0 Å².